The highest BCUT2D eigenvalue weighted by molar-refractivity contribution is 6.30. The Kier molecular flexibility index (Phi) is 5.91. The highest BCUT2D eigenvalue weighted by Gasteiger charge is 2.11. The number of carbonyl (C=O) groups is 1. The second-order valence-electron chi connectivity index (χ2n) is 6.71. The first kappa shape index (κ1) is 20.5. The van der Waals surface area contributed by atoms with Crippen molar-refractivity contribution in [1.29, 1.82) is 0 Å². The molecular formula is C24H18ClNO5. The van der Waals surface area contributed by atoms with Crippen molar-refractivity contribution in [2.45, 2.75) is 0 Å². The molecule has 0 aliphatic carbocycles. The molecule has 1 aromatic heterocycles. The Morgan fingerprint density at radius 1 is 1.00 bits per heavy atom. The van der Waals surface area contributed by atoms with Crippen LogP contribution in [0, 0.1) is 0 Å². The summed E-state index contributed by atoms with van der Waals surface area (Å²) < 4.78 is 16.3. The largest absolute Gasteiger partial charge is 0.497 e. The van der Waals surface area contributed by atoms with E-state index < -0.39 is 0 Å². The summed E-state index contributed by atoms with van der Waals surface area (Å²) in [7, 11) is 1.57. The number of nitrogens with one attached hydrogen (secondary N) is 1. The van der Waals surface area contributed by atoms with Crippen molar-refractivity contribution >= 4 is 34.2 Å². The molecule has 0 saturated heterocycles. The van der Waals surface area contributed by atoms with Gasteiger partial charge in [-0.15, -0.1) is 0 Å². The minimum atomic E-state index is -0.315. The summed E-state index contributed by atoms with van der Waals surface area (Å²) in [4.78, 5) is 25.0. The Morgan fingerprint density at radius 2 is 1.71 bits per heavy atom. The van der Waals surface area contributed by atoms with Gasteiger partial charge in [0, 0.05) is 16.8 Å². The molecule has 0 bridgehead atoms. The van der Waals surface area contributed by atoms with Crippen LogP contribution < -0.4 is 20.2 Å². The van der Waals surface area contributed by atoms with E-state index in [9.17, 15) is 9.59 Å². The van der Waals surface area contributed by atoms with Crippen LogP contribution in [0.4, 0.5) is 5.69 Å². The number of rotatable bonds is 6. The van der Waals surface area contributed by atoms with Crippen molar-refractivity contribution < 1.29 is 18.7 Å². The standard InChI is InChI=1S/C24H18ClNO5/c1-29-18-8-6-17(7-9-18)26-23(27)14-30-19-10-11-20-22(12-19)31-13-21(24(20)28)15-2-4-16(25)5-3-15/h2-13H,14H2,1H3,(H,26,27). The van der Waals surface area contributed by atoms with Crippen molar-refractivity contribution in [3.63, 3.8) is 0 Å². The van der Waals surface area contributed by atoms with Gasteiger partial charge < -0.3 is 19.2 Å². The minimum absolute atomic E-state index is 0.160. The zero-order chi connectivity index (χ0) is 21.8. The van der Waals surface area contributed by atoms with Gasteiger partial charge in [-0.25, -0.2) is 0 Å². The van der Waals surface area contributed by atoms with Crippen molar-refractivity contribution in [3.8, 4) is 22.6 Å². The Balaban J connectivity index is 1.46. The Hall–Kier alpha value is -3.77. The number of amides is 1. The molecule has 0 saturated carbocycles. The predicted molar refractivity (Wildman–Crippen MR) is 120 cm³/mol. The van der Waals surface area contributed by atoms with E-state index in [4.69, 9.17) is 25.5 Å². The molecular weight excluding hydrogens is 418 g/mol. The van der Waals surface area contributed by atoms with Crippen LogP contribution in [0.2, 0.25) is 5.02 Å². The molecule has 0 radical (unpaired) electrons. The lowest BCUT2D eigenvalue weighted by molar-refractivity contribution is -0.118. The number of hydrogen-bond donors (Lipinski definition) is 1. The van der Waals surface area contributed by atoms with Gasteiger partial charge in [0.1, 0.15) is 23.3 Å². The summed E-state index contributed by atoms with van der Waals surface area (Å²) in [6.07, 6.45) is 1.41. The SMILES string of the molecule is COc1ccc(NC(=O)COc2ccc3c(=O)c(-c4ccc(Cl)cc4)coc3c2)cc1. The second-order valence-corrected chi connectivity index (χ2v) is 7.15. The number of hydrogen-bond acceptors (Lipinski definition) is 5. The van der Waals surface area contributed by atoms with Gasteiger partial charge >= 0.3 is 0 Å². The van der Waals surface area contributed by atoms with Gasteiger partial charge in [-0.1, -0.05) is 23.7 Å². The Morgan fingerprint density at radius 3 is 2.42 bits per heavy atom. The van der Waals surface area contributed by atoms with Crippen molar-refractivity contribution in [1.82, 2.24) is 0 Å². The topological polar surface area (TPSA) is 77.8 Å². The van der Waals surface area contributed by atoms with Crippen LogP contribution in [0.15, 0.2) is 82.2 Å². The van der Waals surface area contributed by atoms with E-state index in [0.717, 1.165) is 5.56 Å². The van der Waals surface area contributed by atoms with Crippen LogP contribution in [0.5, 0.6) is 11.5 Å². The molecule has 1 N–H and O–H groups in total. The van der Waals surface area contributed by atoms with Crippen molar-refractivity contribution in [2.24, 2.45) is 0 Å². The third kappa shape index (κ3) is 4.70. The number of ether oxygens (including phenoxy) is 2. The summed E-state index contributed by atoms with van der Waals surface area (Å²) in [6.45, 7) is -0.190. The summed E-state index contributed by atoms with van der Waals surface area (Å²) in [5.41, 5.74) is 2.00. The molecule has 0 aliphatic heterocycles. The normalized spacial score (nSPS) is 10.6. The van der Waals surface area contributed by atoms with Gasteiger partial charge in [-0.3, -0.25) is 9.59 Å². The van der Waals surface area contributed by atoms with Crippen molar-refractivity contribution in [2.75, 3.05) is 19.0 Å². The molecule has 0 spiro atoms. The van der Waals surface area contributed by atoms with E-state index in [1.165, 1.54) is 6.26 Å². The lowest BCUT2D eigenvalue weighted by Crippen LogP contribution is -2.20. The molecule has 3 aromatic carbocycles. The fourth-order valence-corrected chi connectivity index (χ4v) is 3.17. The summed E-state index contributed by atoms with van der Waals surface area (Å²) in [5.74, 6) is 0.802. The summed E-state index contributed by atoms with van der Waals surface area (Å²) in [6, 6.07) is 18.8. The number of fused-ring (bicyclic) bond motifs is 1. The van der Waals surface area contributed by atoms with Gasteiger partial charge in [0.2, 0.25) is 0 Å². The first-order valence-corrected chi connectivity index (χ1v) is 9.79. The van der Waals surface area contributed by atoms with Gasteiger partial charge in [0.25, 0.3) is 5.91 Å². The maximum Gasteiger partial charge on any atom is 0.262 e. The highest BCUT2D eigenvalue weighted by atomic mass is 35.5. The van der Waals surface area contributed by atoms with Crippen LogP contribution in [-0.4, -0.2) is 19.6 Å². The quantitative estimate of drug-likeness (QED) is 0.453. The third-order valence-corrected chi connectivity index (χ3v) is 4.90. The summed E-state index contributed by atoms with van der Waals surface area (Å²) in [5, 5.41) is 3.75. The van der Waals surface area contributed by atoms with E-state index in [0.29, 0.717) is 38.7 Å². The molecule has 0 atom stereocenters. The lowest BCUT2D eigenvalue weighted by Gasteiger charge is -2.09. The summed E-state index contributed by atoms with van der Waals surface area (Å²) >= 11 is 5.91. The molecule has 31 heavy (non-hydrogen) atoms. The number of carbonyl (C=O) groups excluding carboxylic acids is 1. The van der Waals surface area contributed by atoms with Crippen LogP contribution >= 0.6 is 11.6 Å². The first-order chi connectivity index (χ1) is 15.0. The zero-order valence-corrected chi connectivity index (χ0v) is 17.3. The smallest absolute Gasteiger partial charge is 0.262 e. The molecule has 156 valence electrons. The predicted octanol–water partition coefficient (Wildman–Crippen LogP) is 5.14. The second kappa shape index (κ2) is 8.93. The van der Waals surface area contributed by atoms with E-state index in [1.807, 2.05) is 0 Å². The Labute approximate surface area is 183 Å². The van der Waals surface area contributed by atoms with Crippen LogP contribution in [0.3, 0.4) is 0 Å². The molecule has 4 aromatic rings. The molecule has 0 fully saturated rings. The van der Waals surface area contributed by atoms with Crippen molar-refractivity contribution in [3.05, 3.63) is 88.2 Å². The maximum atomic E-state index is 12.8. The fraction of sp³-hybridized carbons (Fsp3) is 0.0833. The van der Waals surface area contributed by atoms with Gasteiger partial charge in [0.05, 0.1) is 18.1 Å². The first-order valence-electron chi connectivity index (χ1n) is 9.42. The van der Waals surface area contributed by atoms with Crippen LogP contribution in [0.25, 0.3) is 22.1 Å². The highest BCUT2D eigenvalue weighted by Crippen LogP contribution is 2.24. The average molecular weight is 436 g/mol. The minimum Gasteiger partial charge on any atom is -0.497 e. The molecule has 1 heterocycles. The maximum absolute atomic E-state index is 12.8. The van der Waals surface area contributed by atoms with Crippen LogP contribution in [-0.2, 0) is 4.79 Å². The number of anilines is 1. The number of methoxy groups -OCH3 is 1. The average Bonchev–Trinajstić information content (AvgIpc) is 2.79. The molecule has 7 heteroatoms. The van der Waals surface area contributed by atoms with Gasteiger partial charge in [-0.2, -0.15) is 0 Å². The van der Waals surface area contributed by atoms with Gasteiger partial charge in [-0.05, 0) is 54.1 Å². The molecule has 0 unspecified atom stereocenters. The van der Waals surface area contributed by atoms with E-state index >= 15 is 0 Å². The van der Waals surface area contributed by atoms with E-state index in [-0.39, 0.29) is 17.9 Å². The fourth-order valence-electron chi connectivity index (χ4n) is 3.05. The van der Waals surface area contributed by atoms with Crippen LogP contribution in [0.1, 0.15) is 0 Å². The van der Waals surface area contributed by atoms with E-state index in [1.54, 1.807) is 73.8 Å². The molecule has 6 nitrogen and oxygen atoms in total. The lowest BCUT2D eigenvalue weighted by atomic mass is 10.1. The molecule has 0 aliphatic rings. The Bertz CT molecular complexity index is 1280. The molecule has 1 amide bonds. The van der Waals surface area contributed by atoms with Gasteiger partial charge in [0.15, 0.2) is 12.0 Å². The monoisotopic (exact) mass is 435 g/mol. The molecule has 4 rings (SSSR count). The number of benzene rings is 3. The number of halogens is 1. The van der Waals surface area contributed by atoms with E-state index in [2.05, 4.69) is 5.32 Å². The zero-order valence-electron chi connectivity index (χ0n) is 16.6. The third-order valence-electron chi connectivity index (χ3n) is 4.65.